The third-order valence-corrected chi connectivity index (χ3v) is 2.54. The molecule has 0 aliphatic heterocycles. The van der Waals surface area contributed by atoms with Crippen LogP contribution in [0.2, 0.25) is 0 Å². The van der Waals surface area contributed by atoms with Crippen LogP contribution in [0.15, 0.2) is 23.6 Å². The maximum absolute atomic E-state index is 10.7. The van der Waals surface area contributed by atoms with Crippen molar-refractivity contribution < 1.29 is 15.0 Å². The summed E-state index contributed by atoms with van der Waals surface area (Å²) in [6.07, 6.45) is 0. The van der Waals surface area contributed by atoms with Crippen molar-refractivity contribution in [1.29, 1.82) is 0 Å². The monoisotopic (exact) mass is 222 g/mol. The lowest BCUT2D eigenvalue weighted by atomic mass is 10.3. The number of nitrogens with zero attached hydrogens (tertiary/aromatic N) is 2. The van der Waals surface area contributed by atoms with E-state index < -0.39 is 5.97 Å². The number of rotatable bonds is 2. The standard InChI is InChI=1S/C9H6N2O3S/c12-7-4-5(9(13)14)10-8(11-7)6-2-1-3-15-6/h1-4H,(H,13,14)(H,10,11,12). The van der Waals surface area contributed by atoms with Crippen molar-refractivity contribution in [3.05, 3.63) is 29.3 Å². The molecule has 2 aromatic heterocycles. The molecule has 5 nitrogen and oxygen atoms in total. The molecule has 0 amide bonds. The van der Waals surface area contributed by atoms with Gasteiger partial charge in [0.15, 0.2) is 11.5 Å². The molecule has 0 radical (unpaired) electrons. The second-order valence-electron chi connectivity index (χ2n) is 2.72. The molecule has 15 heavy (non-hydrogen) atoms. The van der Waals surface area contributed by atoms with Gasteiger partial charge in [0, 0.05) is 6.07 Å². The molecule has 0 unspecified atom stereocenters. The lowest BCUT2D eigenvalue weighted by Crippen LogP contribution is -2.02. The molecule has 6 heteroatoms. The smallest absolute Gasteiger partial charge is 0.354 e. The van der Waals surface area contributed by atoms with Crippen LogP contribution in [0.4, 0.5) is 0 Å². The van der Waals surface area contributed by atoms with Gasteiger partial charge in [-0.2, -0.15) is 4.98 Å². The molecule has 0 saturated carbocycles. The summed E-state index contributed by atoms with van der Waals surface area (Å²) in [7, 11) is 0. The van der Waals surface area contributed by atoms with E-state index in [0.717, 1.165) is 6.07 Å². The number of aromatic hydroxyl groups is 1. The van der Waals surface area contributed by atoms with E-state index in [9.17, 15) is 9.90 Å². The molecule has 0 bridgehead atoms. The van der Waals surface area contributed by atoms with Crippen LogP contribution < -0.4 is 0 Å². The van der Waals surface area contributed by atoms with Crippen molar-refractivity contribution in [3.8, 4) is 16.6 Å². The van der Waals surface area contributed by atoms with Gasteiger partial charge in [-0.15, -0.1) is 11.3 Å². The molecule has 0 saturated heterocycles. The normalized spacial score (nSPS) is 10.1. The van der Waals surface area contributed by atoms with Crippen molar-refractivity contribution in [3.63, 3.8) is 0 Å². The lowest BCUT2D eigenvalue weighted by molar-refractivity contribution is 0.0689. The fourth-order valence-corrected chi connectivity index (χ4v) is 1.72. The molecule has 0 aromatic carbocycles. The largest absolute Gasteiger partial charge is 0.493 e. The fourth-order valence-electron chi connectivity index (χ4n) is 1.06. The van der Waals surface area contributed by atoms with Gasteiger partial charge in [0.2, 0.25) is 5.88 Å². The van der Waals surface area contributed by atoms with E-state index in [1.165, 1.54) is 11.3 Å². The van der Waals surface area contributed by atoms with Crippen LogP contribution in [0, 0.1) is 0 Å². The predicted octanol–water partition coefficient (Wildman–Crippen LogP) is 1.61. The summed E-state index contributed by atoms with van der Waals surface area (Å²) >= 11 is 1.38. The summed E-state index contributed by atoms with van der Waals surface area (Å²) in [6.45, 7) is 0. The van der Waals surface area contributed by atoms with Crippen LogP contribution >= 0.6 is 11.3 Å². The second-order valence-corrected chi connectivity index (χ2v) is 3.67. The minimum absolute atomic E-state index is 0.217. The number of aromatic carboxylic acids is 1. The van der Waals surface area contributed by atoms with E-state index in [4.69, 9.17) is 5.11 Å². The average molecular weight is 222 g/mol. The molecule has 76 valence electrons. The zero-order valence-corrected chi connectivity index (χ0v) is 8.23. The van der Waals surface area contributed by atoms with E-state index in [-0.39, 0.29) is 17.4 Å². The van der Waals surface area contributed by atoms with Crippen molar-refractivity contribution >= 4 is 17.3 Å². The Kier molecular flexibility index (Phi) is 2.34. The first-order valence-corrected chi connectivity index (χ1v) is 4.90. The highest BCUT2D eigenvalue weighted by Gasteiger charge is 2.11. The van der Waals surface area contributed by atoms with Gasteiger partial charge in [-0.1, -0.05) is 6.07 Å². The minimum atomic E-state index is -1.19. The van der Waals surface area contributed by atoms with Crippen LogP contribution in [0.3, 0.4) is 0 Å². The third kappa shape index (κ3) is 1.94. The molecule has 0 atom stereocenters. The first-order chi connectivity index (χ1) is 7.16. The van der Waals surface area contributed by atoms with Gasteiger partial charge < -0.3 is 10.2 Å². The maximum Gasteiger partial charge on any atom is 0.354 e. The summed E-state index contributed by atoms with van der Waals surface area (Å²) < 4.78 is 0. The number of carbonyl (C=O) groups is 1. The van der Waals surface area contributed by atoms with Crippen LogP contribution in [0.5, 0.6) is 5.88 Å². The van der Waals surface area contributed by atoms with Crippen LogP contribution in [-0.2, 0) is 0 Å². The van der Waals surface area contributed by atoms with Gasteiger partial charge in [0.1, 0.15) is 0 Å². The number of carboxylic acids is 1. The van der Waals surface area contributed by atoms with Gasteiger partial charge in [-0.3, -0.25) is 0 Å². The van der Waals surface area contributed by atoms with Crippen molar-refractivity contribution in [2.24, 2.45) is 0 Å². The summed E-state index contributed by atoms with van der Waals surface area (Å²) in [5.41, 5.74) is -0.217. The van der Waals surface area contributed by atoms with Gasteiger partial charge in [-0.25, -0.2) is 9.78 Å². The SMILES string of the molecule is O=C(O)c1cc(O)nc(-c2cccs2)n1. The molecule has 2 rings (SSSR count). The van der Waals surface area contributed by atoms with E-state index in [2.05, 4.69) is 9.97 Å². The Morgan fingerprint density at radius 2 is 2.20 bits per heavy atom. The van der Waals surface area contributed by atoms with Gasteiger partial charge in [0.25, 0.3) is 0 Å². The highest BCUT2D eigenvalue weighted by atomic mass is 32.1. The Morgan fingerprint density at radius 1 is 1.40 bits per heavy atom. The Hall–Kier alpha value is -1.95. The molecule has 0 spiro atoms. The van der Waals surface area contributed by atoms with Crippen LogP contribution in [0.25, 0.3) is 10.7 Å². The molecule has 2 aromatic rings. The van der Waals surface area contributed by atoms with Gasteiger partial charge in [0.05, 0.1) is 4.88 Å². The third-order valence-electron chi connectivity index (χ3n) is 1.67. The quantitative estimate of drug-likeness (QED) is 0.806. The molecule has 0 aliphatic carbocycles. The summed E-state index contributed by atoms with van der Waals surface area (Å²) in [5.74, 6) is -1.31. The fraction of sp³-hybridized carbons (Fsp3) is 0. The number of carboxylic acid groups (broad SMARTS) is 1. The zero-order chi connectivity index (χ0) is 10.8. The number of hydrogen-bond acceptors (Lipinski definition) is 5. The highest BCUT2D eigenvalue weighted by molar-refractivity contribution is 7.13. The van der Waals surface area contributed by atoms with Crippen molar-refractivity contribution in [2.45, 2.75) is 0 Å². The topological polar surface area (TPSA) is 83.3 Å². The maximum atomic E-state index is 10.7. The van der Waals surface area contributed by atoms with Crippen molar-refractivity contribution in [2.75, 3.05) is 0 Å². The van der Waals surface area contributed by atoms with Crippen LogP contribution in [-0.4, -0.2) is 26.2 Å². The van der Waals surface area contributed by atoms with Gasteiger partial charge >= 0.3 is 5.97 Å². The molecule has 0 fully saturated rings. The molecular weight excluding hydrogens is 216 g/mol. The minimum Gasteiger partial charge on any atom is -0.493 e. The Bertz CT molecular complexity index is 496. The van der Waals surface area contributed by atoms with Gasteiger partial charge in [-0.05, 0) is 11.4 Å². The first-order valence-electron chi connectivity index (χ1n) is 4.02. The average Bonchev–Trinajstić information content (AvgIpc) is 2.69. The number of aromatic nitrogens is 2. The van der Waals surface area contributed by atoms with E-state index in [1.54, 1.807) is 12.1 Å². The van der Waals surface area contributed by atoms with E-state index in [0.29, 0.717) is 4.88 Å². The molecule has 2 heterocycles. The molecule has 0 aliphatic rings. The molecular formula is C9H6N2O3S. The Morgan fingerprint density at radius 3 is 2.80 bits per heavy atom. The summed E-state index contributed by atoms with van der Waals surface area (Å²) in [6, 6.07) is 4.57. The number of thiophene rings is 1. The summed E-state index contributed by atoms with van der Waals surface area (Å²) in [4.78, 5) is 19.0. The zero-order valence-electron chi connectivity index (χ0n) is 7.41. The highest BCUT2D eigenvalue weighted by Crippen LogP contribution is 2.22. The lowest BCUT2D eigenvalue weighted by Gasteiger charge is -1.99. The Balaban J connectivity index is 2.54. The molecule has 2 N–H and O–H groups in total. The summed E-state index contributed by atoms with van der Waals surface area (Å²) in [5, 5.41) is 19.8. The second kappa shape index (κ2) is 3.66. The van der Waals surface area contributed by atoms with Crippen molar-refractivity contribution in [1.82, 2.24) is 9.97 Å². The van der Waals surface area contributed by atoms with E-state index >= 15 is 0 Å². The Labute approximate surface area is 88.7 Å². The first kappa shape index (κ1) is 9.60. The predicted molar refractivity (Wildman–Crippen MR) is 54.0 cm³/mol. The van der Waals surface area contributed by atoms with E-state index in [1.807, 2.05) is 5.38 Å². The van der Waals surface area contributed by atoms with Crippen LogP contribution in [0.1, 0.15) is 10.5 Å². The number of hydrogen-bond donors (Lipinski definition) is 2.